The zero-order valence-electron chi connectivity index (χ0n) is 58.4. The number of pyridine rings is 2. The minimum Gasteiger partial charge on any atom is -1.00 e. The van der Waals surface area contributed by atoms with Crippen LogP contribution in [0.5, 0.6) is 0 Å². The molecule has 85 heavy (non-hydrogen) atoms. The second-order valence-electron chi connectivity index (χ2n) is 27.7. The van der Waals surface area contributed by atoms with Crippen molar-refractivity contribution in [2.75, 3.05) is 0 Å². The standard InChI is InChI=1S/C81H152N2.2ClH/c1-5-9-13-17-21-25-29-33-37-41-45-49-53-58-64-78(65-59-54-50-46-42-38-34-30-26-22-18-14-10-6-2)80-68-74-82(75-69-80)72-62-57-63-73-83-76-70-81(71-77-83)79(66-60-55-51-47-43-39-35-31-27-23-19-15-11-7-3)67-61-56-52-48-44-40-36-32-28-24-20-16-12-8-4;;/h68-71,74-79H,5-67,72-73H2,1-4H3;2*1H/q+2;;/p-2. The van der Waals surface area contributed by atoms with E-state index in [-0.39, 0.29) is 24.8 Å². The number of rotatable bonds is 68. The summed E-state index contributed by atoms with van der Waals surface area (Å²) in [6.07, 6.45) is 100. The molecule has 0 unspecified atom stereocenters. The number of halogens is 2. The largest absolute Gasteiger partial charge is 1.00 e. The van der Waals surface area contributed by atoms with Crippen molar-refractivity contribution in [3.8, 4) is 0 Å². The molecule has 2 rings (SSSR count). The number of aryl methyl sites for hydroxylation is 2. The molecule has 0 saturated heterocycles. The van der Waals surface area contributed by atoms with E-state index in [0.717, 1.165) is 24.9 Å². The van der Waals surface area contributed by atoms with Crippen molar-refractivity contribution >= 4 is 0 Å². The minimum absolute atomic E-state index is 0. The van der Waals surface area contributed by atoms with Crippen molar-refractivity contribution < 1.29 is 33.9 Å². The molecule has 500 valence electrons. The fourth-order valence-electron chi connectivity index (χ4n) is 13.8. The minimum atomic E-state index is 0. The smallest absolute Gasteiger partial charge is 0.169 e. The van der Waals surface area contributed by atoms with E-state index in [4.69, 9.17) is 0 Å². The van der Waals surface area contributed by atoms with Gasteiger partial charge in [0.25, 0.3) is 0 Å². The van der Waals surface area contributed by atoms with E-state index >= 15 is 0 Å². The highest BCUT2D eigenvalue weighted by molar-refractivity contribution is 5.14. The van der Waals surface area contributed by atoms with E-state index in [0.29, 0.717) is 0 Å². The second kappa shape index (κ2) is 68.8. The summed E-state index contributed by atoms with van der Waals surface area (Å²) in [5, 5.41) is 0. The van der Waals surface area contributed by atoms with Crippen LogP contribution < -0.4 is 33.9 Å². The molecule has 0 saturated carbocycles. The van der Waals surface area contributed by atoms with Crippen molar-refractivity contribution in [1.29, 1.82) is 0 Å². The lowest BCUT2D eigenvalue weighted by Crippen LogP contribution is -3.00. The number of unbranched alkanes of at least 4 members (excludes halogenated alkanes) is 54. The third-order valence-corrected chi connectivity index (χ3v) is 19.7. The highest BCUT2D eigenvalue weighted by Gasteiger charge is 2.16. The van der Waals surface area contributed by atoms with Gasteiger partial charge in [0.05, 0.1) is 0 Å². The van der Waals surface area contributed by atoms with Gasteiger partial charge < -0.3 is 24.8 Å². The Hall–Kier alpha value is -1.12. The molecule has 0 atom stereocenters. The first-order valence-electron chi connectivity index (χ1n) is 39.2. The van der Waals surface area contributed by atoms with Gasteiger partial charge in [-0.2, -0.15) is 0 Å². The molecule has 0 radical (unpaired) electrons. The van der Waals surface area contributed by atoms with E-state index in [2.05, 4.69) is 85.9 Å². The average molecular weight is 1230 g/mol. The molecular weight excluding hydrogens is 1070 g/mol. The predicted octanol–water partition coefficient (Wildman–Crippen LogP) is 21.8. The van der Waals surface area contributed by atoms with Crippen LogP contribution in [0.3, 0.4) is 0 Å². The van der Waals surface area contributed by atoms with Gasteiger partial charge in [0, 0.05) is 37.1 Å². The Morgan fingerprint density at radius 1 is 0.200 bits per heavy atom. The van der Waals surface area contributed by atoms with Crippen LogP contribution in [0.25, 0.3) is 0 Å². The molecule has 0 aliphatic carbocycles. The summed E-state index contributed by atoms with van der Waals surface area (Å²) in [6, 6.07) is 10.1. The quantitative estimate of drug-likeness (QED) is 0.0461. The van der Waals surface area contributed by atoms with Gasteiger partial charge in [0.2, 0.25) is 0 Å². The molecule has 0 fully saturated rings. The number of hydrogen-bond acceptors (Lipinski definition) is 0. The molecule has 0 spiro atoms. The van der Waals surface area contributed by atoms with Gasteiger partial charge in [-0.25, -0.2) is 9.13 Å². The third kappa shape index (κ3) is 55.5. The summed E-state index contributed by atoms with van der Waals surface area (Å²) in [7, 11) is 0. The SMILES string of the molecule is CCCCCCCCCCCCCCCCC(CCCCCCCCCCCCCCCC)c1cc[n+](CCCCC[n+]2ccc(C(CCCCCCCCCCCCCCCC)CCCCCCCCCCCCCCCC)cc2)cc1.[Cl-].[Cl-]. The Morgan fingerprint density at radius 2 is 0.341 bits per heavy atom. The van der Waals surface area contributed by atoms with Crippen molar-refractivity contribution in [1.82, 2.24) is 0 Å². The maximum atomic E-state index is 2.52. The molecule has 0 aromatic carbocycles. The third-order valence-electron chi connectivity index (χ3n) is 19.7. The Morgan fingerprint density at radius 3 is 0.506 bits per heavy atom. The normalized spacial score (nSPS) is 11.6. The average Bonchev–Trinajstić information content (AvgIpc) is 3.51. The van der Waals surface area contributed by atoms with E-state index in [1.807, 2.05) is 0 Å². The molecule has 0 bridgehead atoms. The highest BCUT2D eigenvalue weighted by atomic mass is 35.5. The summed E-state index contributed by atoms with van der Waals surface area (Å²) in [5.74, 6) is 1.48. The fraction of sp³-hybridized carbons (Fsp3) is 0.877. The van der Waals surface area contributed by atoms with Crippen LogP contribution >= 0.6 is 0 Å². The first kappa shape index (κ1) is 83.9. The molecule has 2 heterocycles. The molecule has 0 amide bonds. The van der Waals surface area contributed by atoms with Crippen molar-refractivity contribution in [3.05, 3.63) is 60.2 Å². The van der Waals surface area contributed by atoms with Gasteiger partial charge in [-0.05, 0) is 55.1 Å². The van der Waals surface area contributed by atoms with Gasteiger partial charge in [0.1, 0.15) is 13.1 Å². The second-order valence-corrected chi connectivity index (χ2v) is 27.7. The first-order valence-corrected chi connectivity index (χ1v) is 39.2. The summed E-state index contributed by atoms with van der Waals surface area (Å²) >= 11 is 0. The lowest BCUT2D eigenvalue weighted by molar-refractivity contribution is -0.701. The van der Waals surface area contributed by atoms with Gasteiger partial charge in [-0.15, -0.1) is 0 Å². The Balaban J connectivity index is 0.0000353. The molecule has 2 nitrogen and oxygen atoms in total. The zero-order chi connectivity index (χ0) is 59.1. The van der Waals surface area contributed by atoms with Gasteiger partial charge >= 0.3 is 0 Å². The first-order chi connectivity index (χ1) is 41.2. The van der Waals surface area contributed by atoms with E-state index in [9.17, 15) is 0 Å². The van der Waals surface area contributed by atoms with Crippen molar-refractivity contribution in [2.45, 2.75) is 457 Å². The van der Waals surface area contributed by atoms with Gasteiger partial charge in [-0.3, -0.25) is 0 Å². The van der Waals surface area contributed by atoms with Crippen LogP contribution in [0.1, 0.15) is 455 Å². The molecule has 0 aliphatic rings. The van der Waals surface area contributed by atoms with Crippen molar-refractivity contribution in [2.24, 2.45) is 0 Å². The molecule has 0 aliphatic heterocycles. The number of nitrogens with zero attached hydrogens (tertiary/aromatic N) is 2. The maximum Gasteiger partial charge on any atom is 0.169 e. The summed E-state index contributed by atoms with van der Waals surface area (Å²) in [6.45, 7) is 11.6. The van der Waals surface area contributed by atoms with Gasteiger partial charge in [-0.1, -0.05) is 387 Å². The van der Waals surface area contributed by atoms with Crippen LogP contribution in [0.4, 0.5) is 0 Å². The van der Waals surface area contributed by atoms with E-state index < -0.39 is 0 Å². The highest BCUT2D eigenvalue weighted by Crippen LogP contribution is 2.31. The molecule has 4 heteroatoms. The van der Waals surface area contributed by atoms with Crippen LogP contribution in [0, 0.1) is 0 Å². The molecule has 2 aromatic rings. The maximum absolute atomic E-state index is 2.52. The van der Waals surface area contributed by atoms with Crippen LogP contribution in [-0.4, -0.2) is 0 Å². The fourth-order valence-corrected chi connectivity index (χ4v) is 13.8. The molecule has 0 N–H and O–H groups in total. The number of hydrogen-bond donors (Lipinski definition) is 0. The summed E-state index contributed by atoms with van der Waals surface area (Å²) in [5.41, 5.74) is 3.23. The van der Waals surface area contributed by atoms with Crippen LogP contribution in [0.2, 0.25) is 0 Å². The zero-order valence-corrected chi connectivity index (χ0v) is 59.9. The van der Waals surface area contributed by atoms with Crippen molar-refractivity contribution in [3.63, 3.8) is 0 Å². The Bertz CT molecular complexity index is 1350. The lowest BCUT2D eigenvalue weighted by Gasteiger charge is -2.17. The lowest BCUT2D eigenvalue weighted by atomic mass is 9.88. The predicted molar refractivity (Wildman–Crippen MR) is 372 cm³/mol. The van der Waals surface area contributed by atoms with Crippen LogP contribution in [0.15, 0.2) is 49.1 Å². The monoisotopic (exact) mass is 1220 g/mol. The van der Waals surface area contributed by atoms with Crippen LogP contribution in [-0.2, 0) is 13.1 Å². The van der Waals surface area contributed by atoms with E-state index in [1.54, 1.807) is 11.1 Å². The van der Waals surface area contributed by atoms with E-state index in [1.165, 1.54) is 405 Å². The topological polar surface area (TPSA) is 7.76 Å². The number of aromatic nitrogens is 2. The molecular formula is C81H152Cl2N2. The molecule has 2 aromatic heterocycles. The summed E-state index contributed by atoms with van der Waals surface area (Å²) in [4.78, 5) is 0. The van der Waals surface area contributed by atoms with Gasteiger partial charge in [0.15, 0.2) is 24.8 Å². The Labute approximate surface area is 548 Å². The summed E-state index contributed by atoms with van der Waals surface area (Å²) < 4.78 is 4.97. The Kier molecular flexibility index (Phi) is 67.9.